The maximum absolute atomic E-state index is 7.17. The SMILES string of the molecule is OB(O)O.[GaH3]. The predicted molar refractivity (Wildman–Crippen MR) is 22.3 cm³/mol. The molecule has 30 valence electrons. The summed E-state index contributed by atoms with van der Waals surface area (Å²) in [6.45, 7) is 0. The molecular weight excluding hydrogens is 129 g/mol. The molecule has 0 aromatic heterocycles. The first-order chi connectivity index (χ1) is 1.73. The molecule has 0 aliphatic heterocycles. The molecule has 0 saturated heterocycles. The molecule has 0 rings (SSSR count). The van der Waals surface area contributed by atoms with Gasteiger partial charge in [0.05, 0.1) is 0 Å². The van der Waals surface area contributed by atoms with Gasteiger partial charge in [0.2, 0.25) is 0 Å². The summed E-state index contributed by atoms with van der Waals surface area (Å²) in [4.78, 5) is 0. The molecule has 0 aromatic carbocycles. The first kappa shape index (κ1) is 9.13. The van der Waals surface area contributed by atoms with Crippen LogP contribution in [0.2, 0.25) is 0 Å². The Morgan fingerprint density at radius 1 is 1.00 bits per heavy atom. The fourth-order valence-corrected chi connectivity index (χ4v) is 0. The molecule has 0 heterocycles. The van der Waals surface area contributed by atoms with E-state index in [0.717, 1.165) is 0 Å². The van der Waals surface area contributed by atoms with Crippen LogP contribution >= 0.6 is 0 Å². The van der Waals surface area contributed by atoms with Crippen LogP contribution in [-0.2, 0) is 0 Å². The molecule has 0 spiro atoms. The molecule has 5 heavy (non-hydrogen) atoms. The first-order valence-corrected chi connectivity index (χ1v) is 0.775. The maximum atomic E-state index is 7.17. The van der Waals surface area contributed by atoms with Crippen LogP contribution in [-0.4, -0.2) is 42.2 Å². The first-order valence-electron chi connectivity index (χ1n) is 0.775. The molecule has 5 heteroatoms. The van der Waals surface area contributed by atoms with Crippen LogP contribution in [0.1, 0.15) is 0 Å². The van der Waals surface area contributed by atoms with E-state index in [2.05, 4.69) is 0 Å². The second-order valence-corrected chi connectivity index (χ2v) is 0.346. The molecular formula is H6BGaO3. The summed E-state index contributed by atoms with van der Waals surface area (Å²) in [5.74, 6) is 0. The van der Waals surface area contributed by atoms with E-state index in [4.69, 9.17) is 15.1 Å². The zero-order chi connectivity index (χ0) is 3.58. The van der Waals surface area contributed by atoms with Crippen molar-refractivity contribution in [2.24, 2.45) is 0 Å². The van der Waals surface area contributed by atoms with Gasteiger partial charge in [-0.25, -0.2) is 0 Å². The molecule has 3 N–H and O–H groups in total. The quantitative estimate of drug-likeness (QED) is 0.305. The summed E-state index contributed by atoms with van der Waals surface area (Å²) in [6.07, 6.45) is 0. The van der Waals surface area contributed by atoms with Crippen LogP contribution in [0.4, 0.5) is 0 Å². The van der Waals surface area contributed by atoms with Gasteiger partial charge in [0, 0.05) is 0 Å². The molecule has 0 aromatic rings. The normalized spacial score (nSPS) is 5.40. The van der Waals surface area contributed by atoms with E-state index in [1.54, 1.807) is 0 Å². The molecule has 0 radical (unpaired) electrons. The topological polar surface area (TPSA) is 60.7 Å². The fourth-order valence-electron chi connectivity index (χ4n) is 0. The van der Waals surface area contributed by atoms with E-state index in [0.29, 0.717) is 0 Å². The molecule has 0 bridgehead atoms. The van der Waals surface area contributed by atoms with Crippen molar-refractivity contribution in [3.8, 4) is 0 Å². The van der Waals surface area contributed by atoms with Crippen LogP contribution in [0.5, 0.6) is 0 Å². The van der Waals surface area contributed by atoms with Gasteiger partial charge < -0.3 is 15.1 Å². The van der Waals surface area contributed by atoms with Crippen molar-refractivity contribution in [1.82, 2.24) is 0 Å². The Balaban J connectivity index is 0. The second kappa shape index (κ2) is 4.58. The van der Waals surface area contributed by atoms with Gasteiger partial charge in [0.25, 0.3) is 0 Å². The molecule has 0 aliphatic carbocycles. The number of hydrogen-bond acceptors (Lipinski definition) is 3. The van der Waals surface area contributed by atoms with Crippen LogP contribution < -0.4 is 0 Å². The Morgan fingerprint density at radius 3 is 1.00 bits per heavy atom. The van der Waals surface area contributed by atoms with Crippen molar-refractivity contribution in [2.75, 3.05) is 0 Å². The molecule has 0 amide bonds. The minimum atomic E-state index is -2.17. The van der Waals surface area contributed by atoms with Crippen LogP contribution in [0, 0.1) is 0 Å². The van der Waals surface area contributed by atoms with Gasteiger partial charge in [-0.05, 0) is 0 Å². The van der Waals surface area contributed by atoms with Gasteiger partial charge in [-0.1, -0.05) is 0 Å². The van der Waals surface area contributed by atoms with Gasteiger partial charge in [-0.2, -0.15) is 0 Å². The summed E-state index contributed by atoms with van der Waals surface area (Å²) < 4.78 is 0. The zero-order valence-electron chi connectivity index (χ0n) is 1.92. The Labute approximate surface area is 42.9 Å². The van der Waals surface area contributed by atoms with E-state index in [-0.39, 0.29) is 19.8 Å². The van der Waals surface area contributed by atoms with E-state index in [1.165, 1.54) is 0 Å². The fraction of sp³-hybridized carbons (Fsp3) is 0. The average Bonchev–Trinajstić information content (AvgIpc) is 0.811. The van der Waals surface area contributed by atoms with Crippen molar-refractivity contribution in [3.63, 3.8) is 0 Å². The van der Waals surface area contributed by atoms with Crippen LogP contribution in [0.25, 0.3) is 0 Å². The summed E-state index contributed by atoms with van der Waals surface area (Å²) in [5, 5.41) is 21.5. The summed E-state index contributed by atoms with van der Waals surface area (Å²) >= 11 is 0. The van der Waals surface area contributed by atoms with Crippen molar-refractivity contribution >= 4 is 27.1 Å². The molecule has 0 aliphatic rings. The average molecular weight is 135 g/mol. The summed E-state index contributed by atoms with van der Waals surface area (Å²) in [6, 6.07) is 0. The van der Waals surface area contributed by atoms with Gasteiger partial charge in [-0.3, -0.25) is 0 Å². The Hall–Kier alpha value is 0.581. The third kappa shape index (κ3) is 90.3. The Kier molecular flexibility index (Phi) is 8.37. The third-order valence-electron chi connectivity index (χ3n) is 0. The molecule has 0 fully saturated rings. The molecule has 0 atom stereocenters. The van der Waals surface area contributed by atoms with Gasteiger partial charge in [-0.15, -0.1) is 0 Å². The second-order valence-electron chi connectivity index (χ2n) is 0.346. The summed E-state index contributed by atoms with van der Waals surface area (Å²) in [5.41, 5.74) is 0. The van der Waals surface area contributed by atoms with Crippen molar-refractivity contribution < 1.29 is 15.1 Å². The van der Waals surface area contributed by atoms with Gasteiger partial charge >= 0.3 is 27.1 Å². The number of rotatable bonds is 0. The Morgan fingerprint density at radius 2 is 1.00 bits per heavy atom. The monoisotopic (exact) mass is 134 g/mol. The molecule has 3 nitrogen and oxygen atoms in total. The predicted octanol–water partition coefficient (Wildman–Crippen LogP) is -3.24. The van der Waals surface area contributed by atoms with E-state index in [1.807, 2.05) is 0 Å². The van der Waals surface area contributed by atoms with Crippen molar-refractivity contribution in [1.29, 1.82) is 0 Å². The Bertz CT molecular complexity index is 11.6. The van der Waals surface area contributed by atoms with Gasteiger partial charge in [0.15, 0.2) is 0 Å². The number of hydrogen-bond donors (Lipinski definition) is 3. The molecule has 0 unspecified atom stereocenters. The van der Waals surface area contributed by atoms with Crippen LogP contribution in [0.3, 0.4) is 0 Å². The van der Waals surface area contributed by atoms with Gasteiger partial charge in [0.1, 0.15) is 0 Å². The zero-order valence-corrected chi connectivity index (χ0v) is 1.92. The van der Waals surface area contributed by atoms with Crippen molar-refractivity contribution in [2.45, 2.75) is 0 Å². The standard InChI is InChI=1S/BH3O3.Ga.3H/c2-1(3)4;;;;/h2-4H;;;;. The molecule has 0 saturated carbocycles. The van der Waals surface area contributed by atoms with E-state index >= 15 is 0 Å². The minimum absolute atomic E-state index is 0. The van der Waals surface area contributed by atoms with Crippen LogP contribution in [0.15, 0.2) is 0 Å². The third-order valence-corrected chi connectivity index (χ3v) is 0. The van der Waals surface area contributed by atoms with Crippen molar-refractivity contribution in [3.05, 3.63) is 0 Å². The summed E-state index contributed by atoms with van der Waals surface area (Å²) in [7, 11) is -2.17. The van der Waals surface area contributed by atoms with E-state index < -0.39 is 7.32 Å². The van der Waals surface area contributed by atoms with E-state index in [9.17, 15) is 0 Å².